The molecule has 1 N–H and O–H groups in total. The first-order valence-corrected chi connectivity index (χ1v) is 5.78. The summed E-state index contributed by atoms with van der Waals surface area (Å²) in [5, 5.41) is 0.446. The molecule has 0 amide bonds. The van der Waals surface area contributed by atoms with E-state index in [9.17, 15) is 4.79 Å². The van der Waals surface area contributed by atoms with Crippen LogP contribution >= 0.6 is 11.6 Å². The van der Waals surface area contributed by atoms with Crippen molar-refractivity contribution in [1.82, 2.24) is 9.97 Å². The Balaban J connectivity index is 0.000000138. The fraction of sp³-hybridized carbons (Fsp3) is 0. The van der Waals surface area contributed by atoms with Crippen LogP contribution < -0.4 is 0 Å². The van der Waals surface area contributed by atoms with Gasteiger partial charge >= 0.3 is 0 Å². The number of para-hydroxylation sites is 2. The summed E-state index contributed by atoms with van der Waals surface area (Å²) >= 11 is 5.62. The molecule has 0 fully saturated rings. The van der Waals surface area contributed by atoms with Gasteiger partial charge in [0.2, 0.25) is 5.28 Å². The van der Waals surface area contributed by atoms with Crippen molar-refractivity contribution < 1.29 is 4.79 Å². The lowest BCUT2D eigenvalue weighted by Crippen LogP contribution is -1.73. The summed E-state index contributed by atoms with van der Waals surface area (Å²) in [4.78, 5) is 16.9. The van der Waals surface area contributed by atoms with E-state index in [1.54, 1.807) is 12.1 Å². The zero-order valence-electron chi connectivity index (χ0n) is 9.51. The maximum absolute atomic E-state index is 10.0. The monoisotopic (exact) mass is 258 g/mol. The van der Waals surface area contributed by atoms with Crippen LogP contribution in [0.1, 0.15) is 10.4 Å². The Morgan fingerprint density at radius 1 is 1.00 bits per heavy atom. The Hall–Kier alpha value is -2.13. The van der Waals surface area contributed by atoms with E-state index in [0.717, 1.165) is 22.9 Å². The van der Waals surface area contributed by atoms with Gasteiger partial charge in [0.25, 0.3) is 0 Å². The number of carbonyl (C=O) groups excluding carboxylic acids is 1. The highest BCUT2D eigenvalue weighted by Gasteiger charge is 1.95. The van der Waals surface area contributed by atoms with Crippen molar-refractivity contribution in [3.8, 4) is 0 Å². The normalized spacial score (nSPS) is 9.61. The summed E-state index contributed by atoms with van der Waals surface area (Å²) in [5.74, 6) is 0. The highest BCUT2D eigenvalue weighted by Crippen LogP contribution is 2.12. The number of H-pyrrole nitrogens is 1. The molecule has 0 saturated heterocycles. The van der Waals surface area contributed by atoms with E-state index >= 15 is 0 Å². The number of rotatable bonds is 1. The summed E-state index contributed by atoms with van der Waals surface area (Å²) in [5.41, 5.74) is 2.62. The molecule has 3 aromatic rings. The summed E-state index contributed by atoms with van der Waals surface area (Å²) in [6.45, 7) is 0. The predicted molar refractivity (Wildman–Crippen MR) is 72.9 cm³/mol. The fourth-order valence-electron chi connectivity index (χ4n) is 1.45. The molecule has 3 nitrogen and oxygen atoms in total. The zero-order chi connectivity index (χ0) is 12.8. The van der Waals surface area contributed by atoms with Crippen molar-refractivity contribution in [2.24, 2.45) is 0 Å². The Bertz CT molecular complexity index is 601. The molecule has 1 heterocycles. The molecule has 0 saturated carbocycles. The molecule has 90 valence electrons. The average Bonchev–Trinajstić information content (AvgIpc) is 2.80. The molecule has 18 heavy (non-hydrogen) atoms. The van der Waals surface area contributed by atoms with Crippen LogP contribution in [0.5, 0.6) is 0 Å². The number of hydrogen-bond acceptors (Lipinski definition) is 2. The topological polar surface area (TPSA) is 45.8 Å². The number of carbonyl (C=O) groups is 1. The van der Waals surface area contributed by atoms with Crippen LogP contribution in [0.25, 0.3) is 11.0 Å². The number of halogens is 1. The lowest BCUT2D eigenvalue weighted by Gasteiger charge is -1.81. The molecule has 1 aromatic heterocycles. The Labute approximate surface area is 109 Å². The van der Waals surface area contributed by atoms with Gasteiger partial charge < -0.3 is 4.98 Å². The second kappa shape index (κ2) is 5.98. The van der Waals surface area contributed by atoms with E-state index in [1.807, 2.05) is 42.5 Å². The summed E-state index contributed by atoms with van der Waals surface area (Å²) in [7, 11) is 0. The molecule has 0 radical (unpaired) electrons. The molecule has 0 bridgehead atoms. The number of aromatic nitrogens is 2. The predicted octanol–water partition coefficient (Wildman–Crippen LogP) is 3.72. The number of hydrogen-bond donors (Lipinski definition) is 1. The van der Waals surface area contributed by atoms with E-state index in [-0.39, 0.29) is 0 Å². The Morgan fingerprint density at radius 2 is 1.67 bits per heavy atom. The third-order valence-electron chi connectivity index (χ3n) is 2.30. The lowest BCUT2D eigenvalue weighted by atomic mass is 10.2. The maximum Gasteiger partial charge on any atom is 0.201 e. The molecule has 4 heteroatoms. The zero-order valence-corrected chi connectivity index (χ0v) is 10.3. The van der Waals surface area contributed by atoms with Gasteiger partial charge in [-0.25, -0.2) is 4.98 Å². The van der Waals surface area contributed by atoms with Gasteiger partial charge in [-0.3, -0.25) is 4.79 Å². The summed E-state index contributed by atoms with van der Waals surface area (Å²) in [6.07, 6.45) is 0.833. The van der Waals surface area contributed by atoms with Crippen molar-refractivity contribution in [2.45, 2.75) is 0 Å². The lowest BCUT2D eigenvalue weighted by molar-refractivity contribution is 0.112. The van der Waals surface area contributed by atoms with Crippen molar-refractivity contribution >= 4 is 28.9 Å². The number of nitrogens with one attached hydrogen (secondary N) is 1. The average molecular weight is 259 g/mol. The van der Waals surface area contributed by atoms with Gasteiger partial charge in [-0.2, -0.15) is 0 Å². The molecular weight excluding hydrogens is 248 g/mol. The van der Waals surface area contributed by atoms with Crippen LogP contribution in [0.15, 0.2) is 54.6 Å². The molecular formula is C14H11ClN2O. The first-order chi connectivity index (χ1) is 8.79. The Morgan fingerprint density at radius 3 is 2.28 bits per heavy atom. The van der Waals surface area contributed by atoms with Gasteiger partial charge in [0.1, 0.15) is 6.29 Å². The van der Waals surface area contributed by atoms with E-state index in [4.69, 9.17) is 11.6 Å². The summed E-state index contributed by atoms with van der Waals surface area (Å²) in [6, 6.07) is 16.8. The minimum absolute atomic E-state index is 0.446. The van der Waals surface area contributed by atoms with Crippen molar-refractivity contribution in [3.63, 3.8) is 0 Å². The SMILES string of the molecule is Clc1nc2ccccc2[nH]1.O=Cc1ccccc1. The van der Waals surface area contributed by atoms with Crippen LogP contribution in [0.2, 0.25) is 5.28 Å². The number of imidazole rings is 1. The van der Waals surface area contributed by atoms with Gasteiger partial charge in [-0.15, -0.1) is 0 Å². The number of aldehydes is 1. The van der Waals surface area contributed by atoms with Gasteiger partial charge in [0, 0.05) is 5.56 Å². The largest absolute Gasteiger partial charge is 0.329 e. The van der Waals surface area contributed by atoms with E-state index in [0.29, 0.717) is 5.28 Å². The van der Waals surface area contributed by atoms with Gasteiger partial charge in [0.05, 0.1) is 11.0 Å². The second-order valence-electron chi connectivity index (χ2n) is 3.57. The number of benzene rings is 2. The number of fused-ring (bicyclic) bond motifs is 1. The van der Waals surface area contributed by atoms with Crippen molar-refractivity contribution in [1.29, 1.82) is 0 Å². The molecule has 0 unspecified atom stereocenters. The highest BCUT2D eigenvalue weighted by molar-refractivity contribution is 6.29. The second-order valence-corrected chi connectivity index (χ2v) is 3.93. The highest BCUT2D eigenvalue weighted by atomic mass is 35.5. The first-order valence-electron chi connectivity index (χ1n) is 5.40. The fourth-order valence-corrected chi connectivity index (χ4v) is 1.65. The molecule has 2 aromatic carbocycles. The first kappa shape index (κ1) is 12.3. The number of aromatic amines is 1. The molecule has 0 spiro atoms. The quantitative estimate of drug-likeness (QED) is 0.676. The third-order valence-corrected chi connectivity index (χ3v) is 2.48. The molecule has 0 aliphatic rings. The number of nitrogens with zero attached hydrogens (tertiary/aromatic N) is 1. The van der Waals surface area contributed by atoms with Crippen LogP contribution in [-0.2, 0) is 0 Å². The van der Waals surface area contributed by atoms with Crippen molar-refractivity contribution in [3.05, 3.63) is 65.4 Å². The standard InChI is InChI=1S/C7H5ClN2.C7H6O/c8-7-9-5-3-1-2-4-6(5)10-7;8-6-7-4-2-1-3-5-7/h1-4H,(H,9,10);1-6H. The van der Waals surface area contributed by atoms with Crippen LogP contribution in [0, 0.1) is 0 Å². The van der Waals surface area contributed by atoms with Crippen LogP contribution in [-0.4, -0.2) is 16.3 Å². The van der Waals surface area contributed by atoms with Crippen LogP contribution in [0.3, 0.4) is 0 Å². The van der Waals surface area contributed by atoms with Gasteiger partial charge in [-0.1, -0.05) is 42.5 Å². The molecule has 0 aliphatic carbocycles. The van der Waals surface area contributed by atoms with E-state index in [1.165, 1.54) is 0 Å². The Kier molecular flexibility index (Phi) is 4.10. The van der Waals surface area contributed by atoms with Gasteiger partial charge in [-0.05, 0) is 23.7 Å². The molecule has 0 aliphatic heterocycles. The van der Waals surface area contributed by atoms with E-state index < -0.39 is 0 Å². The third kappa shape index (κ3) is 3.18. The minimum atomic E-state index is 0.446. The minimum Gasteiger partial charge on any atom is -0.329 e. The molecule has 0 atom stereocenters. The maximum atomic E-state index is 10.0. The molecule has 3 rings (SSSR count). The van der Waals surface area contributed by atoms with Gasteiger partial charge in [0.15, 0.2) is 0 Å². The van der Waals surface area contributed by atoms with E-state index in [2.05, 4.69) is 9.97 Å². The van der Waals surface area contributed by atoms with Crippen molar-refractivity contribution in [2.75, 3.05) is 0 Å². The summed E-state index contributed by atoms with van der Waals surface area (Å²) < 4.78 is 0. The smallest absolute Gasteiger partial charge is 0.201 e. The van der Waals surface area contributed by atoms with Crippen LogP contribution in [0.4, 0.5) is 0 Å².